The van der Waals surface area contributed by atoms with Gasteiger partial charge in [0, 0.05) is 17.7 Å². The molecule has 3 nitrogen and oxygen atoms in total. The number of hydrogen-bond donors (Lipinski definition) is 1. The topological polar surface area (TPSA) is 30.5 Å². The molecule has 116 valence electrons. The van der Waals surface area contributed by atoms with E-state index in [0.29, 0.717) is 6.04 Å². The van der Waals surface area contributed by atoms with Crippen molar-refractivity contribution in [3.05, 3.63) is 23.2 Å². The third-order valence-electron chi connectivity index (χ3n) is 4.42. The van der Waals surface area contributed by atoms with E-state index < -0.39 is 0 Å². The summed E-state index contributed by atoms with van der Waals surface area (Å²) in [5, 5.41) is 4.35. The summed E-state index contributed by atoms with van der Waals surface area (Å²) in [6.07, 6.45) is 4.44. The normalized spacial score (nSPS) is 24.8. The van der Waals surface area contributed by atoms with E-state index in [1.54, 1.807) is 7.11 Å². The molecule has 1 spiro atoms. The van der Waals surface area contributed by atoms with E-state index in [1.807, 2.05) is 30.0 Å². The zero-order valence-corrected chi connectivity index (χ0v) is 13.9. The molecule has 2 aliphatic rings. The predicted octanol–water partition coefficient (Wildman–Crippen LogP) is 4.21. The maximum absolute atomic E-state index is 6.14. The molecule has 0 bridgehead atoms. The molecule has 2 saturated heterocycles. The Labute approximate surface area is 135 Å². The molecule has 0 aliphatic carbocycles. The van der Waals surface area contributed by atoms with E-state index in [9.17, 15) is 0 Å². The molecule has 0 amide bonds. The number of benzene rings is 1. The molecule has 0 aromatic heterocycles. The largest absolute Gasteiger partial charge is 0.495 e. The monoisotopic (exact) mass is 327 g/mol. The van der Waals surface area contributed by atoms with Crippen LogP contribution in [0.2, 0.25) is 5.02 Å². The lowest BCUT2D eigenvalue weighted by atomic mass is 9.85. The molecule has 3 rings (SSSR count). The fourth-order valence-electron chi connectivity index (χ4n) is 3.26. The van der Waals surface area contributed by atoms with Crippen LogP contribution < -0.4 is 10.1 Å². The Bertz CT molecular complexity index is 486. The average molecular weight is 328 g/mol. The van der Waals surface area contributed by atoms with Crippen LogP contribution in [0.1, 0.15) is 25.7 Å². The standard InChI is InChI=1S/C16H22ClNO2S/c1-19-15-3-2-12(17)10-14(15)18-13-4-7-20-16(11-13)5-8-21-9-6-16/h2-3,10,13,18H,4-9,11H2,1H3. The fraction of sp³-hybridized carbons (Fsp3) is 0.625. The van der Waals surface area contributed by atoms with Gasteiger partial charge in [0.25, 0.3) is 0 Å². The number of thioether (sulfide) groups is 1. The Hall–Kier alpha value is -0.580. The third-order valence-corrected chi connectivity index (χ3v) is 5.64. The van der Waals surface area contributed by atoms with Crippen LogP contribution in [0.4, 0.5) is 5.69 Å². The highest BCUT2D eigenvalue weighted by Crippen LogP contribution is 2.39. The van der Waals surface area contributed by atoms with Gasteiger partial charge in [0.2, 0.25) is 0 Å². The second kappa shape index (κ2) is 6.67. The molecular weight excluding hydrogens is 306 g/mol. The lowest BCUT2D eigenvalue weighted by Crippen LogP contribution is -2.46. The Morgan fingerprint density at radius 3 is 2.95 bits per heavy atom. The van der Waals surface area contributed by atoms with E-state index in [0.717, 1.165) is 35.9 Å². The van der Waals surface area contributed by atoms with Gasteiger partial charge in [-0.05, 0) is 55.4 Å². The molecule has 1 atom stereocenters. The number of ether oxygens (including phenoxy) is 2. The smallest absolute Gasteiger partial charge is 0.142 e. The van der Waals surface area contributed by atoms with Gasteiger partial charge in [-0.25, -0.2) is 0 Å². The van der Waals surface area contributed by atoms with Crippen molar-refractivity contribution in [3.8, 4) is 5.75 Å². The van der Waals surface area contributed by atoms with E-state index in [2.05, 4.69) is 5.32 Å². The highest BCUT2D eigenvalue weighted by atomic mass is 35.5. The van der Waals surface area contributed by atoms with Crippen molar-refractivity contribution in [1.82, 2.24) is 0 Å². The van der Waals surface area contributed by atoms with Gasteiger partial charge in [0.1, 0.15) is 5.75 Å². The summed E-state index contributed by atoms with van der Waals surface area (Å²) >= 11 is 8.15. The summed E-state index contributed by atoms with van der Waals surface area (Å²) in [6.45, 7) is 0.839. The molecule has 21 heavy (non-hydrogen) atoms. The van der Waals surface area contributed by atoms with E-state index in [1.165, 1.54) is 24.3 Å². The van der Waals surface area contributed by atoms with Crippen molar-refractivity contribution >= 4 is 29.1 Å². The maximum Gasteiger partial charge on any atom is 0.142 e. The molecular formula is C16H22ClNO2S. The SMILES string of the molecule is COc1ccc(Cl)cc1NC1CCOC2(CCSCC2)C1. The first-order valence-electron chi connectivity index (χ1n) is 7.53. The van der Waals surface area contributed by atoms with Gasteiger partial charge in [-0.3, -0.25) is 0 Å². The van der Waals surface area contributed by atoms with E-state index >= 15 is 0 Å². The van der Waals surface area contributed by atoms with Crippen LogP contribution in [0, 0.1) is 0 Å². The van der Waals surface area contributed by atoms with Crippen LogP contribution in [-0.2, 0) is 4.74 Å². The molecule has 0 saturated carbocycles. The van der Waals surface area contributed by atoms with Crippen LogP contribution in [0.5, 0.6) is 5.75 Å². The van der Waals surface area contributed by atoms with E-state index in [4.69, 9.17) is 21.1 Å². The summed E-state index contributed by atoms with van der Waals surface area (Å²) in [4.78, 5) is 0. The molecule has 1 aromatic carbocycles. The van der Waals surface area contributed by atoms with Crippen LogP contribution in [0.3, 0.4) is 0 Å². The number of methoxy groups -OCH3 is 1. The number of nitrogens with one attached hydrogen (secondary N) is 1. The summed E-state index contributed by atoms with van der Waals surface area (Å²) < 4.78 is 11.6. The van der Waals surface area contributed by atoms with Gasteiger partial charge < -0.3 is 14.8 Å². The zero-order chi connectivity index (χ0) is 14.7. The summed E-state index contributed by atoms with van der Waals surface area (Å²) in [5.41, 5.74) is 1.07. The van der Waals surface area contributed by atoms with Gasteiger partial charge >= 0.3 is 0 Å². The molecule has 5 heteroatoms. The Balaban J connectivity index is 1.71. The molecule has 1 unspecified atom stereocenters. The van der Waals surface area contributed by atoms with Gasteiger partial charge in [-0.15, -0.1) is 0 Å². The summed E-state index contributed by atoms with van der Waals surface area (Å²) in [6, 6.07) is 6.14. The fourth-order valence-corrected chi connectivity index (χ4v) is 4.66. The molecule has 2 heterocycles. The Morgan fingerprint density at radius 1 is 1.38 bits per heavy atom. The van der Waals surface area contributed by atoms with Crippen LogP contribution in [0.15, 0.2) is 18.2 Å². The Kier molecular flexibility index (Phi) is 4.87. The highest BCUT2D eigenvalue weighted by Gasteiger charge is 2.38. The predicted molar refractivity (Wildman–Crippen MR) is 89.9 cm³/mol. The molecule has 2 aliphatic heterocycles. The van der Waals surface area contributed by atoms with Gasteiger partial charge in [-0.2, -0.15) is 11.8 Å². The van der Waals surface area contributed by atoms with Crippen molar-refractivity contribution in [2.24, 2.45) is 0 Å². The van der Waals surface area contributed by atoms with Crippen molar-refractivity contribution < 1.29 is 9.47 Å². The first kappa shape index (κ1) is 15.3. The quantitative estimate of drug-likeness (QED) is 0.901. The zero-order valence-electron chi connectivity index (χ0n) is 12.4. The number of anilines is 1. The minimum absolute atomic E-state index is 0.0903. The van der Waals surface area contributed by atoms with Crippen LogP contribution in [-0.4, -0.2) is 36.9 Å². The summed E-state index contributed by atoms with van der Waals surface area (Å²) in [5.74, 6) is 3.28. The number of rotatable bonds is 3. The molecule has 1 aromatic rings. The second-order valence-corrected chi connectivity index (χ2v) is 7.48. The molecule has 0 radical (unpaired) electrons. The van der Waals surface area contributed by atoms with Crippen molar-refractivity contribution in [2.45, 2.75) is 37.3 Å². The molecule has 1 N–H and O–H groups in total. The second-order valence-electron chi connectivity index (χ2n) is 5.82. The van der Waals surface area contributed by atoms with E-state index in [-0.39, 0.29) is 5.60 Å². The van der Waals surface area contributed by atoms with Crippen molar-refractivity contribution in [2.75, 3.05) is 30.5 Å². The van der Waals surface area contributed by atoms with Gasteiger partial charge in [0.05, 0.1) is 18.4 Å². The van der Waals surface area contributed by atoms with Crippen LogP contribution in [0.25, 0.3) is 0 Å². The first-order valence-corrected chi connectivity index (χ1v) is 9.06. The van der Waals surface area contributed by atoms with Gasteiger partial charge in [-0.1, -0.05) is 11.6 Å². The lowest BCUT2D eigenvalue weighted by Gasteiger charge is -2.43. The Morgan fingerprint density at radius 2 is 2.19 bits per heavy atom. The minimum Gasteiger partial charge on any atom is -0.495 e. The first-order chi connectivity index (χ1) is 10.2. The third kappa shape index (κ3) is 3.61. The lowest BCUT2D eigenvalue weighted by molar-refractivity contribution is -0.0865. The minimum atomic E-state index is 0.0903. The maximum atomic E-state index is 6.14. The average Bonchev–Trinajstić information content (AvgIpc) is 2.48. The summed E-state index contributed by atoms with van der Waals surface area (Å²) in [7, 11) is 1.69. The van der Waals surface area contributed by atoms with Crippen molar-refractivity contribution in [1.29, 1.82) is 0 Å². The number of hydrogen-bond acceptors (Lipinski definition) is 4. The number of halogens is 1. The van der Waals surface area contributed by atoms with Crippen molar-refractivity contribution in [3.63, 3.8) is 0 Å². The van der Waals surface area contributed by atoms with Gasteiger partial charge in [0.15, 0.2) is 0 Å². The van der Waals surface area contributed by atoms with Crippen LogP contribution >= 0.6 is 23.4 Å². The molecule has 2 fully saturated rings. The highest BCUT2D eigenvalue weighted by molar-refractivity contribution is 7.99.